The summed E-state index contributed by atoms with van der Waals surface area (Å²) in [6.07, 6.45) is 1.87. The van der Waals surface area contributed by atoms with Crippen LogP contribution >= 0.6 is 0 Å². The van der Waals surface area contributed by atoms with Gasteiger partial charge in [-0.1, -0.05) is 13.8 Å². The normalized spacial score (nSPS) is 13.2. The van der Waals surface area contributed by atoms with E-state index in [1.54, 1.807) is 6.92 Å². The third kappa shape index (κ3) is 2.71. The number of nitrogens with zero attached hydrogens (tertiary/aromatic N) is 2. The average molecular weight is 248 g/mol. The molecule has 1 heterocycles. The molecule has 0 saturated heterocycles. The molecule has 0 aliphatic rings. The van der Waals surface area contributed by atoms with E-state index in [4.69, 9.17) is 0 Å². The predicted octanol–water partition coefficient (Wildman–Crippen LogP) is 3.79. The number of ketones is 1. The molecule has 0 unspecified atom stereocenters. The van der Waals surface area contributed by atoms with Gasteiger partial charge in [0.05, 0.1) is 6.20 Å². The van der Waals surface area contributed by atoms with E-state index in [1.165, 1.54) is 0 Å². The summed E-state index contributed by atoms with van der Waals surface area (Å²) in [7, 11) is 0. The van der Waals surface area contributed by atoms with E-state index < -0.39 is 0 Å². The van der Waals surface area contributed by atoms with Gasteiger partial charge in [0.2, 0.25) is 0 Å². The van der Waals surface area contributed by atoms with Gasteiger partial charge in [0.25, 0.3) is 0 Å². The summed E-state index contributed by atoms with van der Waals surface area (Å²) in [5, 5.41) is 4.41. The second kappa shape index (κ2) is 5.51. The summed E-state index contributed by atoms with van der Waals surface area (Å²) in [4.78, 5) is 11.8. The minimum atomic E-state index is 0.152. The van der Waals surface area contributed by atoms with Crippen LogP contribution in [0.3, 0.4) is 0 Å². The fourth-order valence-electron chi connectivity index (χ4n) is 2.56. The summed E-state index contributed by atoms with van der Waals surface area (Å²) in [5.74, 6) is 0.392. The van der Waals surface area contributed by atoms with Crippen molar-refractivity contribution < 1.29 is 4.79 Å². The molecular formula is C15H24N2O. The number of hydrogen-bond acceptors (Lipinski definition) is 2. The molecule has 100 valence electrons. The Balaban J connectivity index is 3.37. The zero-order chi connectivity index (χ0) is 14.0. The molecule has 1 rings (SSSR count). The Labute approximate surface area is 110 Å². The summed E-state index contributed by atoms with van der Waals surface area (Å²) in [6.45, 7) is 14.1. The number of aromatic nitrogens is 2. The van der Waals surface area contributed by atoms with Crippen LogP contribution in [-0.2, 0) is 4.79 Å². The van der Waals surface area contributed by atoms with E-state index >= 15 is 0 Å². The second-order valence-corrected chi connectivity index (χ2v) is 5.43. The molecule has 0 saturated carbocycles. The summed E-state index contributed by atoms with van der Waals surface area (Å²) in [5.41, 5.74) is 4.17. The standard InChI is InChI=1S/C15H24N2O/c1-9(2)15(13(7)18)11(5)14-8-16-17(10(3)4)12(14)6/h8-10H,1-7H3. The molecule has 0 N–H and O–H groups in total. The molecular weight excluding hydrogens is 224 g/mol. The third-order valence-electron chi connectivity index (χ3n) is 3.30. The van der Waals surface area contributed by atoms with E-state index in [2.05, 4.69) is 39.7 Å². The van der Waals surface area contributed by atoms with Crippen molar-refractivity contribution in [3.8, 4) is 0 Å². The van der Waals surface area contributed by atoms with Crippen LogP contribution in [0.5, 0.6) is 0 Å². The fraction of sp³-hybridized carbons (Fsp3) is 0.600. The molecule has 0 radical (unpaired) electrons. The monoisotopic (exact) mass is 248 g/mol. The molecule has 3 nitrogen and oxygen atoms in total. The maximum Gasteiger partial charge on any atom is 0.156 e. The minimum absolute atomic E-state index is 0.152. The van der Waals surface area contributed by atoms with Crippen LogP contribution < -0.4 is 0 Å². The predicted molar refractivity (Wildman–Crippen MR) is 75.5 cm³/mol. The number of Topliss-reactive ketones (excluding diaryl/α,β-unsaturated/α-hetero) is 1. The van der Waals surface area contributed by atoms with Crippen LogP contribution in [0, 0.1) is 12.8 Å². The zero-order valence-corrected chi connectivity index (χ0v) is 12.5. The SMILES string of the molecule is CC(=O)C(=C(C)c1cnn(C(C)C)c1C)C(C)C. The lowest BCUT2D eigenvalue weighted by Gasteiger charge is -2.14. The topological polar surface area (TPSA) is 34.9 Å². The Kier molecular flexibility index (Phi) is 4.49. The van der Waals surface area contributed by atoms with Gasteiger partial charge in [-0.25, -0.2) is 0 Å². The summed E-state index contributed by atoms with van der Waals surface area (Å²) in [6, 6.07) is 0.339. The van der Waals surface area contributed by atoms with E-state index in [9.17, 15) is 4.79 Å². The molecule has 3 heteroatoms. The maximum atomic E-state index is 11.8. The average Bonchev–Trinajstić information content (AvgIpc) is 2.58. The van der Waals surface area contributed by atoms with E-state index in [0.29, 0.717) is 6.04 Å². The molecule has 0 aromatic carbocycles. The number of carbonyl (C=O) groups is 1. The van der Waals surface area contributed by atoms with Gasteiger partial charge in [0, 0.05) is 22.9 Å². The number of rotatable bonds is 4. The van der Waals surface area contributed by atoms with Crippen molar-refractivity contribution in [2.45, 2.75) is 54.5 Å². The van der Waals surface area contributed by atoms with Gasteiger partial charge in [-0.2, -0.15) is 5.10 Å². The lowest BCUT2D eigenvalue weighted by Crippen LogP contribution is -2.08. The van der Waals surface area contributed by atoms with Crippen molar-refractivity contribution in [1.82, 2.24) is 9.78 Å². The highest BCUT2D eigenvalue weighted by molar-refractivity contribution is 6.01. The van der Waals surface area contributed by atoms with Gasteiger partial charge in [0.1, 0.15) is 0 Å². The van der Waals surface area contributed by atoms with Crippen LogP contribution in [0.1, 0.15) is 58.8 Å². The minimum Gasteiger partial charge on any atom is -0.295 e. The Morgan fingerprint density at radius 3 is 2.11 bits per heavy atom. The number of carbonyl (C=O) groups excluding carboxylic acids is 1. The molecule has 0 bridgehead atoms. The highest BCUT2D eigenvalue weighted by Crippen LogP contribution is 2.27. The van der Waals surface area contributed by atoms with Crippen molar-refractivity contribution in [3.63, 3.8) is 0 Å². The van der Waals surface area contributed by atoms with Gasteiger partial charge in [-0.3, -0.25) is 9.48 Å². The lowest BCUT2D eigenvalue weighted by atomic mass is 9.91. The van der Waals surface area contributed by atoms with Crippen LogP contribution in [0.25, 0.3) is 5.57 Å². The first-order valence-corrected chi connectivity index (χ1v) is 6.53. The maximum absolute atomic E-state index is 11.8. The molecule has 0 fully saturated rings. The number of hydrogen-bond donors (Lipinski definition) is 0. The van der Waals surface area contributed by atoms with E-state index in [1.807, 2.05) is 17.8 Å². The largest absolute Gasteiger partial charge is 0.295 e. The highest BCUT2D eigenvalue weighted by atomic mass is 16.1. The molecule has 18 heavy (non-hydrogen) atoms. The first kappa shape index (κ1) is 14.7. The fourth-order valence-corrected chi connectivity index (χ4v) is 2.56. The van der Waals surface area contributed by atoms with Crippen LogP contribution in [0.15, 0.2) is 11.8 Å². The second-order valence-electron chi connectivity index (χ2n) is 5.43. The lowest BCUT2D eigenvalue weighted by molar-refractivity contribution is -0.113. The van der Waals surface area contributed by atoms with Crippen molar-refractivity contribution in [1.29, 1.82) is 0 Å². The van der Waals surface area contributed by atoms with Crippen LogP contribution in [0.4, 0.5) is 0 Å². The van der Waals surface area contributed by atoms with Gasteiger partial charge < -0.3 is 0 Å². The third-order valence-corrected chi connectivity index (χ3v) is 3.30. The molecule has 0 amide bonds. The van der Waals surface area contributed by atoms with E-state index in [0.717, 1.165) is 22.4 Å². The van der Waals surface area contributed by atoms with Crippen LogP contribution in [0.2, 0.25) is 0 Å². The summed E-state index contributed by atoms with van der Waals surface area (Å²) < 4.78 is 2.00. The van der Waals surface area contributed by atoms with Crippen molar-refractivity contribution in [2.75, 3.05) is 0 Å². The smallest absolute Gasteiger partial charge is 0.156 e. The Bertz CT molecular complexity index is 479. The van der Waals surface area contributed by atoms with Crippen molar-refractivity contribution >= 4 is 11.4 Å². The highest BCUT2D eigenvalue weighted by Gasteiger charge is 2.17. The van der Waals surface area contributed by atoms with Crippen molar-refractivity contribution in [3.05, 3.63) is 23.0 Å². The van der Waals surface area contributed by atoms with Gasteiger partial charge in [-0.15, -0.1) is 0 Å². The molecule has 1 aromatic rings. The molecule has 0 atom stereocenters. The van der Waals surface area contributed by atoms with Crippen LogP contribution in [-0.4, -0.2) is 15.6 Å². The Morgan fingerprint density at radius 1 is 1.22 bits per heavy atom. The number of allylic oxidation sites excluding steroid dienone is 2. The Morgan fingerprint density at radius 2 is 1.78 bits per heavy atom. The Hall–Kier alpha value is -1.38. The molecule has 0 spiro atoms. The molecule has 0 aliphatic heterocycles. The molecule has 1 aromatic heterocycles. The van der Waals surface area contributed by atoms with Gasteiger partial charge in [-0.05, 0) is 46.1 Å². The van der Waals surface area contributed by atoms with Gasteiger partial charge in [0.15, 0.2) is 5.78 Å². The first-order valence-electron chi connectivity index (χ1n) is 6.53. The quantitative estimate of drug-likeness (QED) is 0.760. The zero-order valence-electron chi connectivity index (χ0n) is 12.5. The van der Waals surface area contributed by atoms with Gasteiger partial charge >= 0.3 is 0 Å². The summed E-state index contributed by atoms with van der Waals surface area (Å²) >= 11 is 0. The first-order chi connectivity index (χ1) is 8.27. The van der Waals surface area contributed by atoms with E-state index in [-0.39, 0.29) is 11.7 Å². The van der Waals surface area contributed by atoms with Crippen molar-refractivity contribution in [2.24, 2.45) is 5.92 Å². The molecule has 0 aliphatic carbocycles.